The largest absolute Gasteiger partial charge is 0.270 e. The van der Waals surface area contributed by atoms with Gasteiger partial charge in [0.2, 0.25) is 0 Å². The summed E-state index contributed by atoms with van der Waals surface area (Å²) in [4.78, 5) is 4.01. The van der Waals surface area contributed by atoms with Crippen LogP contribution in [0.15, 0.2) is 35.0 Å². The normalized spacial score (nSPS) is 10.6. The Kier molecular flexibility index (Phi) is 5.89. The third-order valence-corrected chi connectivity index (χ3v) is 1.00. The van der Waals surface area contributed by atoms with Crippen molar-refractivity contribution in [3.63, 3.8) is 0 Å². The summed E-state index contributed by atoms with van der Waals surface area (Å²) in [6.45, 7) is 9.28. The number of aliphatic imine (C=N–C) groups is 1. The summed E-state index contributed by atoms with van der Waals surface area (Å²) in [5.41, 5.74) is 0. The summed E-state index contributed by atoms with van der Waals surface area (Å²) in [6, 6.07) is 0. The molecule has 0 aliphatic carbocycles. The van der Waals surface area contributed by atoms with E-state index in [1.807, 2.05) is 19.1 Å². The summed E-state index contributed by atoms with van der Waals surface area (Å²) in [5.74, 6) is 0. The summed E-state index contributed by atoms with van der Waals surface area (Å²) in [6.07, 6.45) is 7.04. The Morgan fingerprint density at radius 3 is 2.73 bits per heavy atom. The predicted molar refractivity (Wildman–Crippen MR) is 49.8 cm³/mol. The van der Waals surface area contributed by atoms with Crippen LogP contribution >= 0.6 is 0 Å². The highest BCUT2D eigenvalue weighted by Gasteiger charge is 1.85. The van der Waals surface area contributed by atoms with Crippen LogP contribution in [0.3, 0.4) is 0 Å². The number of hydrazone groups is 1. The topological polar surface area (TPSA) is 28.0 Å². The molecule has 0 N–H and O–H groups in total. The summed E-state index contributed by atoms with van der Waals surface area (Å²) in [5, 5.41) is 5.17. The van der Waals surface area contributed by atoms with E-state index in [-0.39, 0.29) is 0 Å². The number of allylic oxidation sites excluding steroid dienone is 2. The van der Waals surface area contributed by atoms with Crippen LogP contribution in [0, 0.1) is 0 Å². The molecule has 0 rings (SSSR count). The molecule has 0 radical (unpaired) electrons. The average Bonchev–Trinajstić information content (AvgIpc) is 2.05. The second-order valence-electron chi connectivity index (χ2n) is 1.76. The lowest BCUT2D eigenvalue weighted by molar-refractivity contribution is 0.419. The van der Waals surface area contributed by atoms with Crippen molar-refractivity contribution >= 4 is 12.9 Å². The third-order valence-electron chi connectivity index (χ3n) is 1.00. The minimum atomic E-state index is 0.470. The summed E-state index contributed by atoms with van der Waals surface area (Å²) < 4.78 is 0. The van der Waals surface area contributed by atoms with Crippen molar-refractivity contribution in [3.05, 3.63) is 24.9 Å². The maximum absolute atomic E-state index is 4.01. The summed E-state index contributed by atoms with van der Waals surface area (Å²) in [7, 11) is 0. The highest BCUT2D eigenvalue weighted by Crippen LogP contribution is 1.86. The van der Waals surface area contributed by atoms with Crippen LogP contribution in [0.1, 0.15) is 6.92 Å². The van der Waals surface area contributed by atoms with Crippen molar-refractivity contribution in [2.75, 3.05) is 6.67 Å². The second kappa shape index (κ2) is 6.74. The molecule has 0 fully saturated rings. The van der Waals surface area contributed by atoms with Crippen LogP contribution in [-0.4, -0.2) is 24.6 Å². The van der Waals surface area contributed by atoms with Gasteiger partial charge in [-0.15, -0.1) is 0 Å². The molecule has 0 aromatic rings. The molecule has 0 aromatic carbocycles. The van der Waals surface area contributed by atoms with E-state index < -0.39 is 0 Å². The fourth-order valence-electron chi connectivity index (χ4n) is 0.438. The van der Waals surface area contributed by atoms with Gasteiger partial charge < -0.3 is 0 Å². The molecule has 0 atom stereocenters. The third kappa shape index (κ3) is 5.08. The van der Waals surface area contributed by atoms with E-state index in [4.69, 9.17) is 0 Å². The number of nitrogens with zero attached hydrogens (tertiary/aromatic N) is 3. The van der Waals surface area contributed by atoms with Gasteiger partial charge in [0.15, 0.2) is 0 Å². The van der Waals surface area contributed by atoms with Gasteiger partial charge in [0.25, 0.3) is 0 Å². The van der Waals surface area contributed by atoms with Crippen molar-refractivity contribution in [1.82, 2.24) is 5.01 Å². The number of rotatable bonds is 5. The van der Waals surface area contributed by atoms with E-state index in [1.165, 1.54) is 0 Å². The quantitative estimate of drug-likeness (QED) is 0.433. The van der Waals surface area contributed by atoms with E-state index in [9.17, 15) is 0 Å². The van der Waals surface area contributed by atoms with E-state index in [0.717, 1.165) is 0 Å². The van der Waals surface area contributed by atoms with Gasteiger partial charge >= 0.3 is 0 Å². The lowest BCUT2D eigenvalue weighted by atomic mass is 10.6. The zero-order valence-corrected chi connectivity index (χ0v) is 6.77. The molecule has 3 nitrogen and oxygen atoms in total. The molecular weight excluding hydrogens is 138 g/mol. The van der Waals surface area contributed by atoms with Gasteiger partial charge in [-0.1, -0.05) is 12.7 Å². The predicted octanol–water partition coefficient (Wildman–Crippen LogP) is 1.65. The zero-order valence-electron chi connectivity index (χ0n) is 6.77. The molecule has 0 unspecified atom stereocenters. The van der Waals surface area contributed by atoms with Gasteiger partial charge in [-0.2, -0.15) is 5.10 Å². The van der Waals surface area contributed by atoms with Crippen molar-refractivity contribution in [1.29, 1.82) is 0 Å². The molecule has 0 saturated carbocycles. The van der Waals surface area contributed by atoms with E-state index in [1.54, 1.807) is 17.4 Å². The van der Waals surface area contributed by atoms with Gasteiger partial charge in [0.1, 0.15) is 6.67 Å². The Morgan fingerprint density at radius 2 is 2.27 bits per heavy atom. The lowest BCUT2D eigenvalue weighted by Crippen LogP contribution is -2.07. The monoisotopic (exact) mass is 151 g/mol. The maximum atomic E-state index is 4.01. The first kappa shape index (κ1) is 9.62. The SMILES string of the molecule is C=CN(C/N=C\C=C/C)N=C. The van der Waals surface area contributed by atoms with Gasteiger partial charge in [-0.25, -0.2) is 0 Å². The van der Waals surface area contributed by atoms with Crippen LogP contribution < -0.4 is 0 Å². The molecule has 0 saturated heterocycles. The highest BCUT2D eigenvalue weighted by molar-refractivity contribution is 5.70. The van der Waals surface area contributed by atoms with E-state index >= 15 is 0 Å². The first-order valence-electron chi connectivity index (χ1n) is 3.32. The van der Waals surface area contributed by atoms with E-state index in [0.29, 0.717) is 6.67 Å². The molecule has 11 heavy (non-hydrogen) atoms. The van der Waals surface area contributed by atoms with Gasteiger partial charge in [-0.05, 0) is 13.0 Å². The first-order chi connectivity index (χ1) is 5.35. The Balaban J connectivity index is 3.65. The maximum Gasteiger partial charge on any atom is 0.131 e. The zero-order chi connectivity index (χ0) is 8.53. The Labute approximate surface area is 67.4 Å². The fraction of sp³-hybridized carbons (Fsp3) is 0.250. The van der Waals surface area contributed by atoms with Crippen LogP contribution in [0.2, 0.25) is 0 Å². The second-order valence-corrected chi connectivity index (χ2v) is 1.76. The van der Waals surface area contributed by atoms with Crippen molar-refractivity contribution in [2.45, 2.75) is 6.92 Å². The van der Waals surface area contributed by atoms with Crippen LogP contribution in [0.25, 0.3) is 0 Å². The van der Waals surface area contributed by atoms with Crippen molar-refractivity contribution in [2.24, 2.45) is 10.1 Å². The minimum Gasteiger partial charge on any atom is -0.270 e. The van der Waals surface area contributed by atoms with E-state index in [2.05, 4.69) is 23.4 Å². The summed E-state index contributed by atoms with van der Waals surface area (Å²) >= 11 is 0. The highest BCUT2D eigenvalue weighted by atomic mass is 15.5. The number of hydrogen-bond acceptors (Lipinski definition) is 3. The van der Waals surface area contributed by atoms with Crippen LogP contribution in [0.5, 0.6) is 0 Å². The molecule has 0 bridgehead atoms. The molecule has 0 amide bonds. The fourth-order valence-corrected chi connectivity index (χ4v) is 0.438. The lowest BCUT2D eigenvalue weighted by Gasteiger charge is -2.07. The van der Waals surface area contributed by atoms with Gasteiger partial charge in [-0.3, -0.25) is 10.0 Å². The van der Waals surface area contributed by atoms with Crippen molar-refractivity contribution in [3.8, 4) is 0 Å². The average molecular weight is 151 g/mol. The molecule has 0 aliphatic heterocycles. The molecule has 0 aliphatic rings. The van der Waals surface area contributed by atoms with Gasteiger partial charge in [0.05, 0.1) is 0 Å². The minimum absolute atomic E-state index is 0.470. The Morgan fingerprint density at radius 1 is 1.55 bits per heavy atom. The van der Waals surface area contributed by atoms with Crippen molar-refractivity contribution < 1.29 is 0 Å². The molecule has 3 heteroatoms. The molecule has 0 aromatic heterocycles. The number of hydrogen-bond donors (Lipinski definition) is 0. The Hall–Kier alpha value is -1.38. The smallest absolute Gasteiger partial charge is 0.131 e. The molecule has 0 spiro atoms. The molecule has 0 heterocycles. The molecular formula is C8H13N3. The van der Waals surface area contributed by atoms with Gasteiger partial charge in [0, 0.05) is 19.1 Å². The van der Waals surface area contributed by atoms with Crippen LogP contribution in [-0.2, 0) is 0 Å². The Bertz CT molecular complexity index is 162. The first-order valence-corrected chi connectivity index (χ1v) is 3.32. The molecule has 60 valence electrons. The standard InChI is InChI=1S/C8H13N3/c1-4-6-7-10-8-11(5-2)9-3/h4-7H,2-3,8H2,1H3/b6-4-,10-7-. The van der Waals surface area contributed by atoms with Crippen LogP contribution in [0.4, 0.5) is 0 Å².